The minimum absolute atomic E-state index is 0.0731. The van der Waals surface area contributed by atoms with E-state index in [1.165, 1.54) is 0 Å². The van der Waals surface area contributed by atoms with Crippen LogP contribution < -0.4 is 20.6 Å². The van der Waals surface area contributed by atoms with Crippen LogP contribution in [0.25, 0.3) is 0 Å². The number of hydrazine groups is 1. The maximum absolute atomic E-state index is 5.91. The molecule has 0 aromatic heterocycles. The molecule has 0 spiro atoms. The maximum Gasteiger partial charge on any atom is 0.161 e. The van der Waals surface area contributed by atoms with Gasteiger partial charge in [0.15, 0.2) is 11.5 Å². The second-order valence-electron chi connectivity index (χ2n) is 4.92. The molecule has 2 aliphatic rings. The summed E-state index contributed by atoms with van der Waals surface area (Å²) in [6.07, 6.45) is 0. The molecule has 0 amide bonds. The summed E-state index contributed by atoms with van der Waals surface area (Å²) in [5.41, 5.74) is 10.5. The van der Waals surface area contributed by atoms with E-state index in [2.05, 4.69) is 10.4 Å². The van der Waals surface area contributed by atoms with E-state index in [1.807, 2.05) is 18.2 Å². The number of fused-ring (bicyclic) bond motifs is 1. The van der Waals surface area contributed by atoms with Gasteiger partial charge in [0.25, 0.3) is 0 Å². The van der Waals surface area contributed by atoms with Crippen molar-refractivity contribution in [3.05, 3.63) is 23.8 Å². The summed E-state index contributed by atoms with van der Waals surface area (Å²) < 4.78 is 16.5. The second kappa shape index (κ2) is 6.41. The van der Waals surface area contributed by atoms with Gasteiger partial charge < -0.3 is 19.9 Å². The fourth-order valence-electron chi connectivity index (χ4n) is 2.45. The van der Waals surface area contributed by atoms with Gasteiger partial charge in [0.05, 0.1) is 19.3 Å². The third-order valence-electron chi connectivity index (χ3n) is 3.55. The van der Waals surface area contributed by atoms with Crippen molar-refractivity contribution in [2.75, 3.05) is 46.1 Å². The summed E-state index contributed by atoms with van der Waals surface area (Å²) in [6.45, 7) is 5.00. The Morgan fingerprint density at radius 1 is 1.10 bits per heavy atom. The molecule has 0 saturated carbocycles. The van der Waals surface area contributed by atoms with Gasteiger partial charge in [-0.25, -0.2) is 10.4 Å². The summed E-state index contributed by atoms with van der Waals surface area (Å²) in [5.74, 6) is 1.61. The highest BCUT2D eigenvalue weighted by molar-refractivity contribution is 5.44. The molecule has 1 aromatic rings. The summed E-state index contributed by atoms with van der Waals surface area (Å²) in [6, 6.07) is 6.08. The molecule has 2 aliphatic heterocycles. The van der Waals surface area contributed by atoms with Crippen molar-refractivity contribution < 1.29 is 14.2 Å². The average Bonchev–Trinajstić information content (AvgIpc) is 2.53. The lowest BCUT2D eigenvalue weighted by Crippen LogP contribution is -2.48. The molecule has 1 aromatic carbocycles. The van der Waals surface area contributed by atoms with Crippen molar-refractivity contribution in [2.45, 2.75) is 6.04 Å². The minimum atomic E-state index is 0.0731. The van der Waals surface area contributed by atoms with Crippen molar-refractivity contribution in [3.8, 4) is 11.5 Å². The van der Waals surface area contributed by atoms with Gasteiger partial charge >= 0.3 is 0 Å². The number of hydrogen-bond donors (Lipinski definition) is 2. The molecule has 0 aliphatic carbocycles. The van der Waals surface area contributed by atoms with Crippen LogP contribution in [0.15, 0.2) is 18.2 Å². The molecule has 0 bridgehead atoms. The van der Waals surface area contributed by atoms with Crippen molar-refractivity contribution >= 4 is 0 Å². The highest BCUT2D eigenvalue weighted by Crippen LogP contribution is 2.32. The van der Waals surface area contributed by atoms with E-state index in [0.717, 1.165) is 43.4 Å². The van der Waals surface area contributed by atoms with Crippen LogP contribution in [0, 0.1) is 0 Å². The van der Waals surface area contributed by atoms with E-state index in [-0.39, 0.29) is 6.04 Å². The Labute approximate surface area is 118 Å². The third kappa shape index (κ3) is 3.04. The first-order valence-electron chi connectivity index (χ1n) is 7.05. The number of nitrogens with zero attached hydrogens (tertiary/aromatic N) is 1. The number of nitrogens with two attached hydrogens (primary N) is 1. The van der Waals surface area contributed by atoms with Gasteiger partial charge in [0.2, 0.25) is 0 Å². The predicted octanol–water partition coefficient (Wildman–Crippen LogP) is 0.294. The van der Waals surface area contributed by atoms with E-state index in [1.54, 1.807) is 0 Å². The average molecular weight is 279 g/mol. The molecule has 1 atom stereocenters. The highest BCUT2D eigenvalue weighted by atomic mass is 16.6. The lowest BCUT2D eigenvalue weighted by Gasteiger charge is -2.31. The SMILES string of the molecule is NCC(NN1CCOCC1)c1ccc2c(c1)OCCO2. The molecule has 6 nitrogen and oxygen atoms in total. The van der Waals surface area contributed by atoms with Crippen molar-refractivity contribution in [2.24, 2.45) is 5.73 Å². The molecule has 2 heterocycles. The van der Waals surface area contributed by atoms with E-state index in [9.17, 15) is 0 Å². The molecule has 1 unspecified atom stereocenters. The highest BCUT2D eigenvalue weighted by Gasteiger charge is 2.19. The lowest BCUT2D eigenvalue weighted by molar-refractivity contribution is 0.00401. The van der Waals surface area contributed by atoms with Crippen LogP contribution in [-0.4, -0.2) is 51.1 Å². The molecule has 1 saturated heterocycles. The third-order valence-corrected chi connectivity index (χ3v) is 3.55. The molecule has 20 heavy (non-hydrogen) atoms. The Morgan fingerprint density at radius 3 is 2.60 bits per heavy atom. The Kier molecular flexibility index (Phi) is 4.37. The summed E-state index contributed by atoms with van der Waals surface area (Å²) in [5, 5.41) is 2.16. The van der Waals surface area contributed by atoms with Crippen LogP contribution in [0.4, 0.5) is 0 Å². The van der Waals surface area contributed by atoms with E-state index >= 15 is 0 Å². The first-order valence-corrected chi connectivity index (χ1v) is 7.05. The zero-order valence-electron chi connectivity index (χ0n) is 11.5. The Balaban J connectivity index is 1.71. The number of morpholine rings is 1. The molecule has 1 fully saturated rings. The Hall–Kier alpha value is -1.34. The Bertz CT molecular complexity index is 449. The summed E-state index contributed by atoms with van der Waals surface area (Å²) in [4.78, 5) is 0. The lowest BCUT2D eigenvalue weighted by atomic mass is 10.1. The van der Waals surface area contributed by atoms with Crippen LogP contribution >= 0.6 is 0 Å². The van der Waals surface area contributed by atoms with E-state index in [0.29, 0.717) is 19.8 Å². The van der Waals surface area contributed by atoms with Crippen molar-refractivity contribution in [3.63, 3.8) is 0 Å². The quantitative estimate of drug-likeness (QED) is 0.826. The normalized spacial score (nSPS) is 20.6. The van der Waals surface area contributed by atoms with Gasteiger partial charge in [0, 0.05) is 19.6 Å². The first kappa shape index (κ1) is 13.6. The second-order valence-corrected chi connectivity index (χ2v) is 4.92. The van der Waals surface area contributed by atoms with Crippen LogP contribution in [0.5, 0.6) is 11.5 Å². The fraction of sp³-hybridized carbons (Fsp3) is 0.571. The number of rotatable bonds is 4. The molecule has 0 radical (unpaired) electrons. The molecule has 6 heteroatoms. The van der Waals surface area contributed by atoms with Crippen LogP contribution in [0.3, 0.4) is 0 Å². The standard InChI is InChI=1S/C14H21N3O3/c15-10-12(16-17-3-5-18-6-4-17)11-1-2-13-14(9-11)20-8-7-19-13/h1-2,9,12,16H,3-8,10,15H2. The zero-order chi connectivity index (χ0) is 13.8. The van der Waals surface area contributed by atoms with Gasteiger partial charge in [-0.2, -0.15) is 0 Å². The molecule has 110 valence electrons. The smallest absolute Gasteiger partial charge is 0.161 e. The zero-order valence-corrected chi connectivity index (χ0v) is 11.5. The van der Waals surface area contributed by atoms with E-state index < -0.39 is 0 Å². The monoisotopic (exact) mass is 279 g/mol. The van der Waals surface area contributed by atoms with Gasteiger partial charge in [-0.1, -0.05) is 6.07 Å². The number of nitrogens with one attached hydrogen (secondary N) is 1. The molecular weight excluding hydrogens is 258 g/mol. The minimum Gasteiger partial charge on any atom is -0.486 e. The molecule has 3 N–H and O–H groups in total. The van der Waals surface area contributed by atoms with Crippen LogP contribution in [0.2, 0.25) is 0 Å². The maximum atomic E-state index is 5.91. The van der Waals surface area contributed by atoms with Gasteiger partial charge in [0.1, 0.15) is 13.2 Å². The largest absolute Gasteiger partial charge is 0.486 e. The number of benzene rings is 1. The van der Waals surface area contributed by atoms with Crippen LogP contribution in [0.1, 0.15) is 11.6 Å². The van der Waals surface area contributed by atoms with Crippen molar-refractivity contribution in [1.29, 1.82) is 0 Å². The number of hydrogen-bond acceptors (Lipinski definition) is 6. The summed E-state index contributed by atoms with van der Waals surface area (Å²) in [7, 11) is 0. The predicted molar refractivity (Wildman–Crippen MR) is 74.8 cm³/mol. The molecular formula is C14H21N3O3. The topological polar surface area (TPSA) is 69.0 Å². The van der Waals surface area contributed by atoms with Crippen molar-refractivity contribution in [1.82, 2.24) is 10.4 Å². The van der Waals surface area contributed by atoms with Gasteiger partial charge in [-0.05, 0) is 17.7 Å². The Morgan fingerprint density at radius 2 is 1.85 bits per heavy atom. The fourth-order valence-corrected chi connectivity index (χ4v) is 2.45. The first-order chi connectivity index (χ1) is 9.86. The molecule has 3 rings (SSSR count). The van der Waals surface area contributed by atoms with Crippen LogP contribution in [-0.2, 0) is 4.74 Å². The van der Waals surface area contributed by atoms with Gasteiger partial charge in [-0.15, -0.1) is 0 Å². The number of ether oxygens (including phenoxy) is 3. The van der Waals surface area contributed by atoms with Gasteiger partial charge in [-0.3, -0.25) is 0 Å². The summed E-state index contributed by atoms with van der Waals surface area (Å²) >= 11 is 0. The van der Waals surface area contributed by atoms with E-state index in [4.69, 9.17) is 19.9 Å².